The van der Waals surface area contributed by atoms with E-state index in [9.17, 15) is 0 Å². The van der Waals surface area contributed by atoms with Gasteiger partial charge in [0.25, 0.3) is 0 Å². The van der Waals surface area contributed by atoms with Crippen LogP contribution >= 0.6 is 12.2 Å². The number of nitrogens with one attached hydrogen (secondary N) is 1. The third-order valence-electron chi connectivity index (χ3n) is 7.61. The maximum absolute atomic E-state index is 6.15. The number of nitrogens with zero attached hydrogens (tertiary/aromatic N) is 3. The minimum atomic E-state index is -0.0428. The van der Waals surface area contributed by atoms with Crippen molar-refractivity contribution in [3.05, 3.63) is 108 Å². The van der Waals surface area contributed by atoms with Crippen LogP contribution in [0, 0.1) is 6.92 Å². The van der Waals surface area contributed by atoms with Crippen LogP contribution in [-0.4, -0.2) is 14.7 Å². The second kappa shape index (κ2) is 10.4. The highest BCUT2D eigenvalue weighted by Crippen LogP contribution is 2.43. The summed E-state index contributed by atoms with van der Waals surface area (Å²) < 4.78 is 8.57. The van der Waals surface area contributed by atoms with Gasteiger partial charge < -0.3 is 19.5 Å². The lowest BCUT2D eigenvalue weighted by Crippen LogP contribution is -2.29. The van der Waals surface area contributed by atoms with E-state index in [1.807, 2.05) is 48.7 Å². The number of anilines is 1. The molecule has 3 heterocycles. The lowest BCUT2D eigenvalue weighted by molar-refractivity contribution is 0.353. The molecule has 0 radical (unpaired) electrons. The average molecular weight is 509 g/mol. The molecule has 4 aromatic rings. The number of aromatic nitrogens is 2. The van der Waals surface area contributed by atoms with Crippen LogP contribution in [0.1, 0.15) is 67.1 Å². The number of aryl methyl sites for hydroxylation is 1. The average Bonchev–Trinajstić information content (AvgIpc) is 3.56. The van der Waals surface area contributed by atoms with Gasteiger partial charge in [-0.15, -0.1) is 0 Å². The highest BCUT2D eigenvalue weighted by molar-refractivity contribution is 7.80. The summed E-state index contributed by atoms with van der Waals surface area (Å²) >= 11 is 5.91. The molecular formula is C31H32N4OS. The molecule has 1 aliphatic carbocycles. The molecule has 5 nitrogen and oxygen atoms in total. The lowest BCUT2D eigenvalue weighted by Gasteiger charge is -2.28. The van der Waals surface area contributed by atoms with Gasteiger partial charge in [-0.25, -0.2) is 0 Å². The quantitative estimate of drug-likeness (QED) is 0.271. The Balaban J connectivity index is 1.32. The van der Waals surface area contributed by atoms with Gasteiger partial charge in [-0.2, -0.15) is 0 Å². The van der Waals surface area contributed by atoms with Crippen molar-refractivity contribution in [1.29, 1.82) is 0 Å². The van der Waals surface area contributed by atoms with E-state index in [4.69, 9.17) is 17.0 Å². The molecule has 6 rings (SSSR count). The van der Waals surface area contributed by atoms with E-state index in [2.05, 4.69) is 69.4 Å². The molecule has 2 aromatic heterocycles. The highest BCUT2D eigenvalue weighted by Gasteiger charge is 2.41. The summed E-state index contributed by atoms with van der Waals surface area (Å²) in [5.74, 6) is 1.67. The van der Waals surface area contributed by atoms with E-state index in [1.165, 1.54) is 37.7 Å². The van der Waals surface area contributed by atoms with Crippen LogP contribution in [0.5, 0.6) is 11.5 Å². The van der Waals surface area contributed by atoms with Gasteiger partial charge in [-0.1, -0.05) is 43.5 Å². The van der Waals surface area contributed by atoms with Crippen molar-refractivity contribution in [2.45, 2.75) is 57.2 Å². The van der Waals surface area contributed by atoms with Crippen LogP contribution in [0.2, 0.25) is 0 Å². The maximum atomic E-state index is 6.15. The number of rotatable bonds is 6. The lowest BCUT2D eigenvalue weighted by atomic mass is 9.95. The summed E-state index contributed by atoms with van der Waals surface area (Å²) in [4.78, 5) is 6.92. The molecule has 0 amide bonds. The first-order chi connectivity index (χ1) is 18.2. The number of benzene rings is 2. The smallest absolute Gasteiger partial charge is 0.174 e. The first kappa shape index (κ1) is 23.7. The van der Waals surface area contributed by atoms with Crippen molar-refractivity contribution in [1.82, 2.24) is 14.9 Å². The van der Waals surface area contributed by atoms with Crippen molar-refractivity contribution in [3.63, 3.8) is 0 Å². The first-order valence-electron chi connectivity index (χ1n) is 13.2. The zero-order valence-electron chi connectivity index (χ0n) is 21.1. The Bertz CT molecular complexity index is 1360. The van der Waals surface area contributed by atoms with E-state index in [1.54, 1.807) is 0 Å². The maximum Gasteiger partial charge on any atom is 0.174 e. The normalized spacial score (nSPS) is 20.1. The molecule has 0 spiro atoms. The molecule has 0 bridgehead atoms. The zero-order chi connectivity index (χ0) is 25.2. The van der Waals surface area contributed by atoms with Gasteiger partial charge >= 0.3 is 0 Å². The third-order valence-corrected chi connectivity index (χ3v) is 7.92. The van der Waals surface area contributed by atoms with Gasteiger partial charge in [-0.3, -0.25) is 4.98 Å². The molecular weight excluding hydrogens is 476 g/mol. The number of ether oxygens (including phenoxy) is 1. The first-order valence-corrected chi connectivity index (χ1v) is 13.6. The molecule has 2 atom stereocenters. The van der Waals surface area contributed by atoms with Crippen molar-refractivity contribution in [2.24, 2.45) is 0 Å². The van der Waals surface area contributed by atoms with Gasteiger partial charge in [0.15, 0.2) is 5.11 Å². The summed E-state index contributed by atoms with van der Waals surface area (Å²) in [6.07, 6.45) is 12.9. The van der Waals surface area contributed by atoms with E-state index in [0.717, 1.165) is 28.4 Å². The van der Waals surface area contributed by atoms with Crippen LogP contribution < -0.4 is 15.0 Å². The molecule has 6 heteroatoms. The molecule has 2 aromatic carbocycles. The minimum absolute atomic E-state index is 0.00428. The highest BCUT2D eigenvalue weighted by atomic mass is 32.1. The molecule has 1 saturated heterocycles. The number of para-hydroxylation sites is 1. The van der Waals surface area contributed by atoms with E-state index in [-0.39, 0.29) is 12.1 Å². The predicted molar refractivity (Wildman–Crippen MR) is 152 cm³/mol. The Kier molecular flexibility index (Phi) is 6.66. The largest absolute Gasteiger partial charge is 0.457 e. The number of hydrogen-bond donors (Lipinski definition) is 1. The fraction of sp³-hybridized carbons (Fsp3) is 0.290. The SMILES string of the molecule is Cc1ccccc1Oc1ccc(N2C(=S)N[C@H](c3ccccn3)[C@@H]2c2ccn(C3CCCCC3)c2)cc1. The van der Waals surface area contributed by atoms with E-state index >= 15 is 0 Å². The summed E-state index contributed by atoms with van der Waals surface area (Å²) in [6.45, 7) is 2.06. The Morgan fingerprint density at radius 2 is 1.70 bits per heavy atom. The van der Waals surface area contributed by atoms with Crippen LogP contribution in [0.3, 0.4) is 0 Å². The third kappa shape index (κ3) is 4.86. The Labute approximate surface area is 224 Å². The molecule has 2 fully saturated rings. The molecule has 37 heavy (non-hydrogen) atoms. The second-order valence-electron chi connectivity index (χ2n) is 10.0. The molecule has 188 valence electrons. The van der Waals surface area contributed by atoms with Crippen LogP contribution in [0.4, 0.5) is 5.69 Å². The van der Waals surface area contributed by atoms with Crippen molar-refractivity contribution in [3.8, 4) is 11.5 Å². The van der Waals surface area contributed by atoms with Crippen molar-refractivity contribution >= 4 is 23.0 Å². The predicted octanol–water partition coefficient (Wildman–Crippen LogP) is 7.67. The standard InChI is InChI=1S/C31H32N4OS/c1-22-9-5-6-13-28(22)36-26-16-14-25(15-17-26)35-30(29(33-31(35)37)27-12-7-8-19-32-27)23-18-20-34(21-23)24-10-3-2-4-11-24/h5-9,12-21,24,29-30H,2-4,10-11H2,1H3,(H,33,37)/t29-,30+/m1/s1. The minimum Gasteiger partial charge on any atom is -0.457 e. The van der Waals surface area contributed by atoms with Gasteiger partial charge in [0, 0.05) is 30.3 Å². The monoisotopic (exact) mass is 508 g/mol. The van der Waals surface area contributed by atoms with Crippen LogP contribution in [0.15, 0.2) is 91.4 Å². The molecule has 1 saturated carbocycles. The number of hydrogen-bond acceptors (Lipinski definition) is 3. The number of pyridine rings is 1. The van der Waals surface area contributed by atoms with Crippen LogP contribution in [0.25, 0.3) is 0 Å². The Hall–Kier alpha value is -3.64. The molecule has 2 aliphatic rings. The Morgan fingerprint density at radius 1 is 0.919 bits per heavy atom. The van der Waals surface area contributed by atoms with Gasteiger partial charge in [0.1, 0.15) is 11.5 Å². The van der Waals surface area contributed by atoms with E-state index in [0.29, 0.717) is 11.2 Å². The molecule has 0 unspecified atom stereocenters. The fourth-order valence-electron chi connectivity index (χ4n) is 5.66. The van der Waals surface area contributed by atoms with Gasteiger partial charge in [-0.05, 0) is 91.6 Å². The van der Waals surface area contributed by atoms with Gasteiger partial charge in [0.2, 0.25) is 0 Å². The fourth-order valence-corrected chi connectivity index (χ4v) is 6.00. The molecule has 1 N–H and O–H groups in total. The molecule has 1 aliphatic heterocycles. The van der Waals surface area contributed by atoms with Crippen LogP contribution in [-0.2, 0) is 0 Å². The number of thiocarbonyl (C=S) groups is 1. The Morgan fingerprint density at radius 3 is 2.46 bits per heavy atom. The van der Waals surface area contributed by atoms with Crippen molar-refractivity contribution in [2.75, 3.05) is 4.90 Å². The summed E-state index contributed by atoms with van der Waals surface area (Å²) in [5.41, 5.74) is 4.37. The summed E-state index contributed by atoms with van der Waals surface area (Å²) in [7, 11) is 0. The summed E-state index contributed by atoms with van der Waals surface area (Å²) in [6, 6.07) is 25.1. The topological polar surface area (TPSA) is 42.3 Å². The second-order valence-corrected chi connectivity index (χ2v) is 10.4. The zero-order valence-corrected chi connectivity index (χ0v) is 21.9. The van der Waals surface area contributed by atoms with Crippen molar-refractivity contribution < 1.29 is 4.74 Å². The van der Waals surface area contributed by atoms with E-state index < -0.39 is 0 Å². The summed E-state index contributed by atoms with van der Waals surface area (Å²) in [5, 5.41) is 4.28. The van der Waals surface area contributed by atoms with Gasteiger partial charge in [0.05, 0.1) is 17.8 Å².